The lowest BCUT2D eigenvalue weighted by Crippen LogP contribution is -2.48. The van der Waals surface area contributed by atoms with Crippen molar-refractivity contribution in [1.29, 1.82) is 0 Å². The van der Waals surface area contributed by atoms with Gasteiger partial charge < -0.3 is 9.84 Å². The van der Waals surface area contributed by atoms with E-state index in [2.05, 4.69) is 23.0 Å². The van der Waals surface area contributed by atoms with Gasteiger partial charge in [-0.3, -0.25) is 9.88 Å². The van der Waals surface area contributed by atoms with Crippen molar-refractivity contribution in [3.63, 3.8) is 0 Å². The highest BCUT2D eigenvalue weighted by Crippen LogP contribution is 2.49. The monoisotopic (exact) mass is 262 g/mol. The van der Waals surface area contributed by atoms with Gasteiger partial charge in [-0.2, -0.15) is 0 Å². The Kier molecular flexibility index (Phi) is 3.71. The molecule has 0 radical (unpaired) electrons. The van der Waals surface area contributed by atoms with Gasteiger partial charge in [-0.15, -0.1) is 0 Å². The predicted octanol–water partition coefficient (Wildman–Crippen LogP) is 1.65. The number of aliphatic hydroxyl groups is 1. The fourth-order valence-electron chi connectivity index (χ4n) is 2.83. The molecule has 0 spiro atoms. The van der Waals surface area contributed by atoms with Crippen LogP contribution >= 0.6 is 0 Å². The Morgan fingerprint density at radius 1 is 1.47 bits per heavy atom. The molecule has 0 aromatic carbocycles. The smallest absolute Gasteiger partial charge is 0.137 e. The van der Waals surface area contributed by atoms with Crippen molar-refractivity contribution in [3.05, 3.63) is 24.0 Å². The summed E-state index contributed by atoms with van der Waals surface area (Å²) in [6.07, 6.45) is 7.04. The van der Waals surface area contributed by atoms with Crippen LogP contribution in [0.3, 0.4) is 0 Å². The Balaban J connectivity index is 1.55. The fraction of sp³-hybridized carbons (Fsp3) is 0.667. The Morgan fingerprint density at radius 2 is 2.37 bits per heavy atom. The number of hydrogen-bond acceptors (Lipinski definition) is 4. The topological polar surface area (TPSA) is 45.6 Å². The molecule has 1 aliphatic carbocycles. The molecule has 1 aromatic heterocycles. The van der Waals surface area contributed by atoms with E-state index in [1.54, 1.807) is 6.20 Å². The number of aromatic nitrogens is 1. The molecule has 4 heteroatoms. The Bertz CT molecular complexity index is 438. The van der Waals surface area contributed by atoms with Crippen molar-refractivity contribution < 1.29 is 9.84 Å². The third-order valence-electron chi connectivity index (χ3n) is 4.47. The summed E-state index contributed by atoms with van der Waals surface area (Å²) in [5.41, 5.74) is 1.26. The molecule has 0 amide bonds. The molecule has 4 nitrogen and oxygen atoms in total. The number of rotatable bonds is 6. The zero-order valence-corrected chi connectivity index (χ0v) is 11.5. The van der Waals surface area contributed by atoms with Gasteiger partial charge in [-0.05, 0) is 56.3 Å². The molecule has 0 bridgehead atoms. The van der Waals surface area contributed by atoms with Crippen LogP contribution in [0.15, 0.2) is 18.5 Å². The van der Waals surface area contributed by atoms with E-state index in [0.717, 1.165) is 18.8 Å². The number of pyridine rings is 1. The van der Waals surface area contributed by atoms with Crippen molar-refractivity contribution in [2.45, 2.75) is 31.2 Å². The number of likely N-dealkylation sites (tertiary alicyclic amines) is 1. The molecule has 1 saturated heterocycles. The lowest BCUT2D eigenvalue weighted by atomic mass is 10.1. The molecule has 1 N–H and O–H groups in total. The first-order valence-electron chi connectivity index (χ1n) is 7.17. The fourth-order valence-corrected chi connectivity index (χ4v) is 2.83. The van der Waals surface area contributed by atoms with Gasteiger partial charge in [0.15, 0.2) is 0 Å². The molecule has 1 saturated carbocycles. The van der Waals surface area contributed by atoms with Crippen LogP contribution in [0.5, 0.6) is 5.75 Å². The van der Waals surface area contributed by atoms with E-state index in [9.17, 15) is 0 Å². The van der Waals surface area contributed by atoms with E-state index < -0.39 is 0 Å². The molecule has 104 valence electrons. The number of likely N-dealkylation sites (N-methyl/N-ethyl adjacent to an activating group) is 1. The lowest BCUT2D eigenvalue weighted by molar-refractivity contribution is 0.0767. The lowest BCUT2D eigenvalue weighted by Gasteiger charge is -2.37. The number of nitrogens with zero attached hydrogens (tertiary/aromatic N) is 2. The molecule has 2 aliphatic rings. The second kappa shape index (κ2) is 5.47. The van der Waals surface area contributed by atoms with Crippen molar-refractivity contribution >= 4 is 0 Å². The minimum Gasteiger partial charge on any atom is -0.490 e. The molecule has 0 unspecified atom stereocenters. The summed E-state index contributed by atoms with van der Waals surface area (Å²) in [6.45, 7) is 2.22. The average Bonchev–Trinajstić information content (AvgIpc) is 3.17. The third-order valence-corrected chi connectivity index (χ3v) is 4.47. The first kappa shape index (κ1) is 12.9. The normalized spacial score (nSPS) is 29.9. The van der Waals surface area contributed by atoms with Crippen molar-refractivity contribution in [2.24, 2.45) is 5.92 Å². The van der Waals surface area contributed by atoms with Gasteiger partial charge in [-0.1, -0.05) is 0 Å². The SMILES string of the molecule is CN1CC[C@@H]1COc1cncc([C@H]2C[C@@H]2CCO)c1. The minimum absolute atomic E-state index is 0.290. The van der Waals surface area contributed by atoms with Gasteiger partial charge in [0, 0.05) is 18.8 Å². The Hall–Kier alpha value is -1.13. The summed E-state index contributed by atoms with van der Waals surface area (Å²) in [5, 5.41) is 8.95. The Morgan fingerprint density at radius 3 is 3.05 bits per heavy atom. The van der Waals surface area contributed by atoms with Gasteiger partial charge in [0.1, 0.15) is 12.4 Å². The molecule has 3 rings (SSSR count). The first-order valence-corrected chi connectivity index (χ1v) is 7.17. The van der Waals surface area contributed by atoms with Gasteiger partial charge >= 0.3 is 0 Å². The van der Waals surface area contributed by atoms with E-state index >= 15 is 0 Å². The van der Waals surface area contributed by atoms with Crippen LogP contribution in [-0.2, 0) is 0 Å². The van der Waals surface area contributed by atoms with Crippen molar-refractivity contribution in [2.75, 3.05) is 26.8 Å². The van der Waals surface area contributed by atoms with E-state index in [4.69, 9.17) is 9.84 Å². The highest BCUT2D eigenvalue weighted by Gasteiger charge is 2.37. The number of ether oxygens (including phenoxy) is 1. The summed E-state index contributed by atoms with van der Waals surface area (Å²) in [4.78, 5) is 6.60. The molecular formula is C15H22N2O2. The molecule has 3 atom stereocenters. The zero-order valence-electron chi connectivity index (χ0n) is 11.5. The van der Waals surface area contributed by atoms with Crippen LogP contribution in [0.25, 0.3) is 0 Å². The van der Waals surface area contributed by atoms with E-state index in [0.29, 0.717) is 24.5 Å². The predicted molar refractivity (Wildman–Crippen MR) is 73.3 cm³/mol. The van der Waals surface area contributed by atoms with Crippen LogP contribution in [-0.4, -0.2) is 47.8 Å². The summed E-state index contributed by atoms with van der Waals surface area (Å²) < 4.78 is 5.84. The van der Waals surface area contributed by atoms with Gasteiger partial charge in [-0.25, -0.2) is 0 Å². The molecule has 1 aromatic rings. The highest BCUT2D eigenvalue weighted by molar-refractivity contribution is 5.30. The van der Waals surface area contributed by atoms with Crippen LogP contribution in [0.2, 0.25) is 0 Å². The molecule has 2 fully saturated rings. The largest absolute Gasteiger partial charge is 0.490 e. The second-order valence-electron chi connectivity index (χ2n) is 5.80. The van der Waals surface area contributed by atoms with Gasteiger partial charge in [0.25, 0.3) is 0 Å². The maximum atomic E-state index is 8.95. The highest BCUT2D eigenvalue weighted by atomic mass is 16.5. The quantitative estimate of drug-likeness (QED) is 0.846. The summed E-state index contributed by atoms with van der Waals surface area (Å²) >= 11 is 0. The van der Waals surface area contributed by atoms with Crippen LogP contribution < -0.4 is 4.74 Å². The Labute approximate surface area is 114 Å². The summed E-state index contributed by atoms with van der Waals surface area (Å²) in [7, 11) is 2.13. The molecule has 1 aliphatic heterocycles. The minimum atomic E-state index is 0.290. The maximum Gasteiger partial charge on any atom is 0.137 e. The molecular weight excluding hydrogens is 240 g/mol. The zero-order chi connectivity index (χ0) is 13.2. The number of hydrogen-bond donors (Lipinski definition) is 1. The van der Waals surface area contributed by atoms with E-state index in [1.807, 2.05) is 6.20 Å². The summed E-state index contributed by atoms with van der Waals surface area (Å²) in [6, 6.07) is 2.68. The standard InChI is InChI=1S/C15H22N2O2/c1-17-4-2-13(17)10-19-14-6-12(8-16-9-14)15-7-11(15)3-5-18/h6,8-9,11,13,15,18H,2-5,7,10H2,1H3/t11-,13+,15-/m0/s1. The van der Waals surface area contributed by atoms with Crippen molar-refractivity contribution in [3.8, 4) is 5.75 Å². The van der Waals surface area contributed by atoms with E-state index in [-0.39, 0.29) is 0 Å². The van der Waals surface area contributed by atoms with Gasteiger partial charge in [0.2, 0.25) is 0 Å². The average molecular weight is 262 g/mol. The van der Waals surface area contributed by atoms with Crippen LogP contribution in [0.1, 0.15) is 30.7 Å². The van der Waals surface area contributed by atoms with Crippen molar-refractivity contribution in [1.82, 2.24) is 9.88 Å². The van der Waals surface area contributed by atoms with Crippen LogP contribution in [0, 0.1) is 5.92 Å². The molecule has 2 heterocycles. The maximum absolute atomic E-state index is 8.95. The van der Waals surface area contributed by atoms with Crippen LogP contribution in [0.4, 0.5) is 0 Å². The molecule has 19 heavy (non-hydrogen) atoms. The second-order valence-corrected chi connectivity index (χ2v) is 5.80. The first-order chi connectivity index (χ1) is 9.28. The number of aliphatic hydroxyl groups excluding tert-OH is 1. The summed E-state index contributed by atoms with van der Waals surface area (Å²) in [5.74, 6) is 2.10. The third kappa shape index (κ3) is 2.90. The van der Waals surface area contributed by atoms with E-state index in [1.165, 1.54) is 24.9 Å². The van der Waals surface area contributed by atoms with Gasteiger partial charge in [0.05, 0.1) is 6.20 Å².